The van der Waals surface area contributed by atoms with E-state index in [2.05, 4.69) is 30.8 Å². The predicted octanol–water partition coefficient (Wildman–Crippen LogP) is 4.25. The maximum absolute atomic E-state index is 11.7. The van der Waals surface area contributed by atoms with Crippen LogP contribution in [0.2, 0.25) is 0 Å². The fourth-order valence-corrected chi connectivity index (χ4v) is 1.88. The Labute approximate surface area is 113 Å². The number of hydrogen-bond donors (Lipinski definition) is 0. The second-order valence-corrected chi connectivity index (χ2v) is 6.69. The van der Waals surface area contributed by atoms with E-state index in [4.69, 9.17) is 0 Å². The summed E-state index contributed by atoms with van der Waals surface area (Å²) in [7, 11) is 0. The van der Waals surface area contributed by atoms with Crippen LogP contribution in [0, 0.1) is 0 Å². The summed E-state index contributed by atoms with van der Waals surface area (Å²) in [6, 6.07) is 5.47. The Bertz CT molecular complexity index is 467. The van der Waals surface area contributed by atoms with Gasteiger partial charge in [0.2, 0.25) is 0 Å². The Morgan fingerprint density at radius 3 is 2.05 bits per heavy atom. The third kappa shape index (κ3) is 3.77. The molecule has 0 aromatic heterocycles. The van der Waals surface area contributed by atoms with Crippen molar-refractivity contribution in [2.24, 2.45) is 0 Å². The summed E-state index contributed by atoms with van der Waals surface area (Å²) in [4.78, 5) is 15.7. The minimum atomic E-state index is -0.826. The van der Waals surface area contributed by atoms with Crippen molar-refractivity contribution < 1.29 is 19.3 Å². The lowest BCUT2D eigenvalue weighted by Crippen LogP contribution is -2.21. The van der Waals surface area contributed by atoms with E-state index in [0.29, 0.717) is 5.56 Å². The zero-order chi connectivity index (χ0) is 14.8. The molecule has 4 heteroatoms. The quantitative estimate of drug-likeness (QED) is 0.594. The summed E-state index contributed by atoms with van der Waals surface area (Å²) >= 11 is 0. The molecule has 0 amide bonds. The van der Waals surface area contributed by atoms with Crippen molar-refractivity contribution in [2.45, 2.75) is 52.4 Å². The highest BCUT2D eigenvalue weighted by molar-refractivity contribution is 5.91. The average molecular weight is 268 g/mol. The zero-order valence-corrected chi connectivity index (χ0v) is 12.3. The molecule has 0 saturated heterocycles. The Morgan fingerprint density at radius 2 is 1.63 bits per heavy atom. The van der Waals surface area contributed by atoms with E-state index in [1.54, 1.807) is 6.07 Å². The molecule has 0 fully saturated rings. The summed E-state index contributed by atoms with van der Waals surface area (Å²) < 4.78 is 11.7. The highest BCUT2D eigenvalue weighted by Crippen LogP contribution is 2.31. The number of carbonyl (C=O) groups is 1. The highest BCUT2D eigenvalue weighted by Gasteiger charge is 2.26. The average Bonchev–Trinajstić information content (AvgIpc) is 2.26. The minimum absolute atomic E-state index is 0.0287. The van der Waals surface area contributed by atoms with Crippen LogP contribution in [0.25, 0.3) is 0 Å². The van der Waals surface area contributed by atoms with Crippen LogP contribution in [0.1, 0.15) is 63.0 Å². The van der Waals surface area contributed by atoms with Crippen molar-refractivity contribution in [1.82, 2.24) is 0 Å². The molecule has 0 aliphatic rings. The lowest BCUT2D eigenvalue weighted by molar-refractivity contribution is -0.388. The van der Waals surface area contributed by atoms with Crippen molar-refractivity contribution >= 4 is 5.97 Å². The summed E-state index contributed by atoms with van der Waals surface area (Å²) in [5.41, 5.74) is 1.94. The van der Waals surface area contributed by atoms with Gasteiger partial charge in [-0.15, -0.1) is 0 Å². The van der Waals surface area contributed by atoms with Crippen LogP contribution >= 0.6 is 0 Å². The van der Waals surface area contributed by atoms with E-state index < -0.39 is 5.97 Å². The maximum atomic E-state index is 11.7. The summed E-state index contributed by atoms with van der Waals surface area (Å²) in [6.07, 6.45) is 0. The van der Waals surface area contributed by atoms with Gasteiger partial charge in [-0.1, -0.05) is 53.7 Å². The summed E-state index contributed by atoms with van der Waals surface area (Å²) in [5, 5.41) is 2.97. The lowest BCUT2D eigenvalue weighted by atomic mass is 9.78. The largest absolute Gasteiger partial charge is 0.376 e. The molecule has 1 aromatic rings. The van der Waals surface area contributed by atoms with Gasteiger partial charge in [-0.2, -0.15) is 0 Å². The van der Waals surface area contributed by atoms with Gasteiger partial charge in [-0.05, 0) is 32.5 Å². The Kier molecular flexibility index (Phi) is 4.35. The SMILES string of the molecule is CC(C)(C)c1ccc(C(=O)OOF)c(C(C)(C)C)c1. The maximum Gasteiger partial charge on any atom is 0.376 e. The first-order valence-electron chi connectivity index (χ1n) is 6.22. The first-order chi connectivity index (χ1) is 8.57. The zero-order valence-electron chi connectivity index (χ0n) is 12.3. The van der Waals surface area contributed by atoms with Crippen molar-refractivity contribution in [3.05, 3.63) is 34.9 Å². The van der Waals surface area contributed by atoms with Gasteiger partial charge in [-0.25, -0.2) is 4.79 Å². The Balaban J connectivity index is 3.38. The van der Waals surface area contributed by atoms with Crippen LogP contribution < -0.4 is 0 Å². The second-order valence-electron chi connectivity index (χ2n) is 6.69. The van der Waals surface area contributed by atoms with Gasteiger partial charge < -0.3 is 0 Å². The molecule has 0 saturated carbocycles. The van der Waals surface area contributed by atoms with Crippen LogP contribution in [0.15, 0.2) is 18.2 Å². The molecule has 0 atom stereocenters. The molecule has 106 valence electrons. The van der Waals surface area contributed by atoms with Crippen molar-refractivity contribution in [3.8, 4) is 0 Å². The van der Waals surface area contributed by atoms with Gasteiger partial charge in [0.15, 0.2) is 0 Å². The number of halogens is 1. The van der Waals surface area contributed by atoms with Crippen molar-refractivity contribution in [3.63, 3.8) is 0 Å². The van der Waals surface area contributed by atoms with Crippen LogP contribution in [0.5, 0.6) is 0 Å². The number of benzene rings is 1. The molecule has 19 heavy (non-hydrogen) atoms. The minimum Gasteiger partial charge on any atom is -0.259 e. The Morgan fingerprint density at radius 1 is 1.05 bits per heavy atom. The molecule has 3 nitrogen and oxygen atoms in total. The predicted molar refractivity (Wildman–Crippen MR) is 71.5 cm³/mol. The molecule has 0 radical (unpaired) electrons. The first-order valence-corrected chi connectivity index (χ1v) is 6.22. The third-order valence-electron chi connectivity index (χ3n) is 3.02. The van der Waals surface area contributed by atoms with E-state index in [1.807, 2.05) is 32.9 Å². The summed E-state index contributed by atoms with van der Waals surface area (Å²) in [6.45, 7) is 12.2. The highest BCUT2D eigenvalue weighted by atomic mass is 19.3. The van der Waals surface area contributed by atoms with E-state index in [-0.39, 0.29) is 10.8 Å². The third-order valence-corrected chi connectivity index (χ3v) is 3.02. The van der Waals surface area contributed by atoms with Gasteiger partial charge in [0, 0.05) is 5.09 Å². The van der Waals surface area contributed by atoms with Crippen LogP contribution in [0.4, 0.5) is 4.53 Å². The van der Waals surface area contributed by atoms with Crippen LogP contribution in [-0.4, -0.2) is 5.97 Å². The van der Waals surface area contributed by atoms with Gasteiger partial charge in [0.1, 0.15) is 0 Å². The topological polar surface area (TPSA) is 35.5 Å². The fraction of sp³-hybridized carbons (Fsp3) is 0.533. The first kappa shape index (κ1) is 15.6. The van der Waals surface area contributed by atoms with Crippen molar-refractivity contribution in [2.75, 3.05) is 0 Å². The van der Waals surface area contributed by atoms with E-state index in [9.17, 15) is 9.32 Å². The molecular formula is C15H21FO3. The van der Waals surface area contributed by atoms with E-state index >= 15 is 0 Å². The molecule has 0 aliphatic heterocycles. The van der Waals surface area contributed by atoms with Crippen LogP contribution in [-0.2, 0) is 20.8 Å². The molecule has 0 aliphatic carbocycles. The van der Waals surface area contributed by atoms with Crippen molar-refractivity contribution in [1.29, 1.82) is 0 Å². The molecule has 0 spiro atoms. The van der Waals surface area contributed by atoms with E-state index in [0.717, 1.165) is 11.1 Å². The van der Waals surface area contributed by atoms with Gasteiger partial charge in [-0.3, -0.25) is 4.89 Å². The number of hydrogen-bond acceptors (Lipinski definition) is 3. The molecule has 1 aromatic carbocycles. The molecular weight excluding hydrogens is 247 g/mol. The number of carbonyl (C=O) groups excluding carboxylic acids is 1. The van der Waals surface area contributed by atoms with Gasteiger partial charge in [0.05, 0.1) is 5.56 Å². The van der Waals surface area contributed by atoms with Crippen LogP contribution in [0.3, 0.4) is 0 Å². The molecule has 1 rings (SSSR count). The number of rotatable bonds is 2. The fourth-order valence-electron chi connectivity index (χ4n) is 1.88. The lowest BCUT2D eigenvalue weighted by Gasteiger charge is -2.26. The second kappa shape index (κ2) is 5.29. The Hall–Kier alpha value is -1.42. The van der Waals surface area contributed by atoms with E-state index in [1.165, 1.54) is 0 Å². The molecule has 0 bridgehead atoms. The summed E-state index contributed by atoms with van der Waals surface area (Å²) in [5.74, 6) is -0.826. The normalized spacial score (nSPS) is 12.4. The van der Waals surface area contributed by atoms with Gasteiger partial charge >= 0.3 is 5.97 Å². The molecule has 0 heterocycles. The smallest absolute Gasteiger partial charge is 0.259 e. The monoisotopic (exact) mass is 268 g/mol. The standard InChI is InChI=1S/C15H21FO3/c1-14(2,3)10-7-8-11(13(17)18-19-16)12(9-10)15(4,5)6/h7-9H,1-6H3. The van der Waals surface area contributed by atoms with Gasteiger partial charge in [0.25, 0.3) is 0 Å². The molecule has 0 unspecified atom stereocenters. The molecule has 0 N–H and O–H groups in total.